The molecule has 0 bridgehead atoms. The average Bonchev–Trinajstić information content (AvgIpc) is 3.32. The lowest BCUT2D eigenvalue weighted by molar-refractivity contribution is -0.123. The molecule has 3 N–H and O–H groups in total. The van der Waals surface area contributed by atoms with E-state index in [0.717, 1.165) is 70.6 Å². The van der Waals surface area contributed by atoms with Crippen molar-refractivity contribution >= 4 is 5.91 Å². The molecule has 66 heavy (non-hydrogen) atoms. The lowest BCUT2D eigenvalue weighted by atomic mass is 10.0. The molecule has 4 nitrogen and oxygen atoms in total. The van der Waals surface area contributed by atoms with E-state index >= 15 is 0 Å². The van der Waals surface area contributed by atoms with Gasteiger partial charge in [-0.3, -0.25) is 4.79 Å². The second kappa shape index (κ2) is 56.6. The molecule has 0 aromatic heterocycles. The Balaban J connectivity index is 3.50. The normalized spacial score (nSPS) is 13.6. The molecule has 0 aromatic carbocycles. The number of hydrogen-bond donors (Lipinski definition) is 3. The van der Waals surface area contributed by atoms with E-state index in [2.05, 4.69) is 104 Å². The number of aliphatic hydroxyl groups excluding tert-OH is 2. The minimum Gasteiger partial charge on any atom is -0.394 e. The van der Waals surface area contributed by atoms with Gasteiger partial charge >= 0.3 is 0 Å². The molecule has 0 saturated carbocycles. The van der Waals surface area contributed by atoms with E-state index in [4.69, 9.17) is 0 Å². The quantitative estimate of drug-likeness (QED) is 0.0421. The maximum atomic E-state index is 12.5. The smallest absolute Gasteiger partial charge is 0.220 e. The van der Waals surface area contributed by atoms with E-state index < -0.39 is 12.1 Å². The monoisotopic (exact) mass is 916 g/mol. The van der Waals surface area contributed by atoms with Crippen molar-refractivity contribution in [2.24, 2.45) is 0 Å². The molecular weight excluding hydrogens is 807 g/mol. The van der Waals surface area contributed by atoms with Crippen LogP contribution in [0.1, 0.15) is 271 Å². The molecule has 0 spiro atoms. The van der Waals surface area contributed by atoms with E-state index in [9.17, 15) is 15.0 Å². The van der Waals surface area contributed by atoms with E-state index in [1.165, 1.54) is 180 Å². The Hall–Kier alpha value is -2.69. The molecule has 0 aliphatic heterocycles. The summed E-state index contributed by atoms with van der Waals surface area (Å²) in [6.07, 6.45) is 84.3. The summed E-state index contributed by atoms with van der Waals surface area (Å²) in [5.74, 6) is -0.0645. The van der Waals surface area contributed by atoms with Crippen molar-refractivity contribution in [2.75, 3.05) is 6.61 Å². The number of carbonyl (C=O) groups excluding carboxylic acids is 1. The number of rotatable bonds is 51. The molecule has 0 rings (SSSR count). The highest BCUT2D eigenvalue weighted by Gasteiger charge is 2.18. The predicted octanol–water partition coefficient (Wildman–Crippen LogP) is 18.9. The molecule has 0 radical (unpaired) electrons. The summed E-state index contributed by atoms with van der Waals surface area (Å²) < 4.78 is 0. The van der Waals surface area contributed by atoms with Crippen LogP contribution in [-0.2, 0) is 4.79 Å². The molecule has 1 amide bonds. The molecule has 0 heterocycles. The second-order valence-electron chi connectivity index (χ2n) is 19.0. The van der Waals surface area contributed by atoms with Crippen LogP contribution in [0.5, 0.6) is 0 Å². The number of unbranched alkanes of at least 4 members (excludes halogenated alkanes) is 30. The standard InChI is InChI=1S/C62H109NO3/c1-3-5-7-9-11-13-15-17-19-20-21-22-23-24-25-26-27-28-29-30-31-32-33-34-35-36-37-38-39-40-41-42-44-46-48-50-52-54-56-58-62(66)63-60(59-64)61(65)57-55-53-51-49-47-45-43-18-16-14-12-10-8-6-4-2/h5,7,11,13,17,19,21-22,24-25,27-28,30-31,55,57,60-61,64-65H,3-4,6,8-10,12,14-16,18,20,23,26,29,32-54,56,58-59H2,1-2H3,(H,63,66)/b7-5-,13-11-,19-17-,22-21-,25-24-,28-27-,31-30-,57-55+. The minimum atomic E-state index is -0.842. The number of hydrogen-bond acceptors (Lipinski definition) is 3. The molecule has 0 aromatic rings. The lowest BCUT2D eigenvalue weighted by Gasteiger charge is -2.20. The van der Waals surface area contributed by atoms with E-state index in [1.807, 2.05) is 6.08 Å². The van der Waals surface area contributed by atoms with E-state index in [-0.39, 0.29) is 12.5 Å². The first-order chi connectivity index (χ1) is 32.7. The van der Waals surface area contributed by atoms with Gasteiger partial charge in [0.05, 0.1) is 18.8 Å². The van der Waals surface area contributed by atoms with Crippen molar-refractivity contribution in [3.63, 3.8) is 0 Å². The maximum absolute atomic E-state index is 12.5. The van der Waals surface area contributed by atoms with E-state index in [0.29, 0.717) is 6.42 Å². The third kappa shape index (κ3) is 52.3. The fourth-order valence-electron chi connectivity index (χ4n) is 8.28. The highest BCUT2D eigenvalue weighted by Crippen LogP contribution is 2.16. The summed E-state index contributed by atoms with van der Waals surface area (Å²) in [6, 6.07) is -0.625. The Bertz CT molecular complexity index is 1220. The zero-order valence-corrected chi connectivity index (χ0v) is 43.7. The highest BCUT2D eigenvalue weighted by molar-refractivity contribution is 5.76. The summed E-state index contributed by atoms with van der Waals surface area (Å²) in [4.78, 5) is 12.5. The van der Waals surface area contributed by atoms with Crippen LogP contribution in [0.15, 0.2) is 97.2 Å². The fraction of sp³-hybridized carbons (Fsp3) is 0.726. The van der Waals surface area contributed by atoms with Crippen molar-refractivity contribution in [3.05, 3.63) is 97.2 Å². The largest absolute Gasteiger partial charge is 0.394 e. The predicted molar refractivity (Wildman–Crippen MR) is 294 cm³/mol. The molecule has 2 unspecified atom stereocenters. The lowest BCUT2D eigenvalue weighted by Crippen LogP contribution is -2.45. The maximum Gasteiger partial charge on any atom is 0.220 e. The van der Waals surface area contributed by atoms with Gasteiger partial charge in [0, 0.05) is 6.42 Å². The van der Waals surface area contributed by atoms with Crippen LogP contribution >= 0.6 is 0 Å². The van der Waals surface area contributed by atoms with Gasteiger partial charge < -0.3 is 15.5 Å². The minimum absolute atomic E-state index is 0.0645. The second-order valence-corrected chi connectivity index (χ2v) is 19.0. The Labute approximate surface area is 411 Å². The average molecular weight is 917 g/mol. The van der Waals surface area contributed by atoms with Crippen LogP contribution in [0.4, 0.5) is 0 Å². The molecule has 380 valence electrons. The zero-order valence-electron chi connectivity index (χ0n) is 43.7. The van der Waals surface area contributed by atoms with Gasteiger partial charge in [0.2, 0.25) is 5.91 Å². The van der Waals surface area contributed by atoms with Crippen molar-refractivity contribution < 1.29 is 15.0 Å². The fourth-order valence-corrected chi connectivity index (χ4v) is 8.28. The van der Waals surface area contributed by atoms with Gasteiger partial charge in [-0.25, -0.2) is 0 Å². The van der Waals surface area contributed by atoms with E-state index in [1.54, 1.807) is 6.08 Å². The van der Waals surface area contributed by atoms with Gasteiger partial charge in [-0.05, 0) is 77.0 Å². The Morgan fingerprint density at radius 1 is 0.379 bits per heavy atom. The molecule has 2 atom stereocenters. The Morgan fingerprint density at radius 2 is 0.667 bits per heavy atom. The number of allylic oxidation sites excluding steroid dienone is 15. The molecule has 0 fully saturated rings. The van der Waals surface area contributed by atoms with Crippen molar-refractivity contribution in [2.45, 2.75) is 283 Å². The zero-order chi connectivity index (χ0) is 47.7. The van der Waals surface area contributed by atoms with Gasteiger partial charge in [0.25, 0.3) is 0 Å². The highest BCUT2D eigenvalue weighted by atomic mass is 16.3. The van der Waals surface area contributed by atoms with Crippen LogP contribution in [0.25, 0.3) is 0 Å². The number of aliphatic hydroxyl groups is 2. The summed E-state index contributed by atoms with van der Waals surface area (Å²) in [5, 5.41) is 23.1. The molecule has 0 saturated heterocycles. The molecular formula is C62H109NO3. The van der Waals surface area contributed by atoms with Crippen LogP contribution in [-0.4, -0.2) is 34.9 Å². The third-order valence-electron chi connectivity index (χ3n) is 12.6. The third-order valence-corrected chi connectivity index (χ3v) is 12.6. The van der Waals surface area contributed by atoms with Crippen LogP contribution in [0, 0.1) is 0 Å². The first-order valence-electron chi connectivity index (χ1n) is 28.5. The first-order valence-corrected chi connectivity index (χ1v) is 28.5. The van der Waals surface area contributed by atoms with Gasteiger partial charge in [0.1, 0.15) is 0 Å². The van der Waals surface area contributed by atoms with Crippen LogP contribution < -0.4 is 5.32 Å². The van der Waals surface area contributed by atoms with Gasteiger partial charge in [-0.15, -0.1) is 0 Å². The first kappa shape index (κ1) is 63.3. The summed E-state index contributed by atoms with van der Waals surface area (Å²) in [6.45, 7) is 4.20. The summed E-state index contributed by atoms with van der Waals surface area (Å²) in [7, 11) is 0. The van der Waals surface area contributed by atoms with Gasteiger partial charge in [0.15, 0.2) is 0 Å². The number of nitrogens with one attached hydrogen (secondary N) is 1. The van der Waals surface area contributed by atoms with Gasteiger partial charge in [-0.2, -0.15) is 0 Å². The molecule has 0 aliphatic rings. The van der Waals surface area contributed by atoms with Crippen molar-refractivity contribution in [1.29, 1.82) is 0 Å². The summed E-state index contributed by atoms with van der Waals surface area (Å²) >= 11 is 0. The number of amides is 1. The van der Waals surface area contributed by atoms with Crippen LogP contribution in [0.3, 0.4) is 0 Å². The Morgan fingerprint density at radius 3 is 1.00 bits per heavy atom. The topological polar surface area (TPSA) is 69.6 Å². The summed E-state index contributed by atoms with van der Waals surface area (Å²) in [5.41, 5.74) is 0. The number of carbonyl (C=O) groups is 1. The molecule has 0 aliphatic carbocycles. The molecule has 4 heteroatoms. The van der Waals surface area contributed by atoms with Crippen molar-refractivity contribution in [3.8, 4) is 0 Å². The van der Waals surface area contributed by atoms with Gasteiger partial charge in [-0.1, -0.05) is 284 Å². The SMILES string of the molecule is CC/C=C\C/C=C\C/C=C\C/C=C\C/C=C\C/C=C\C/C=C\CCCCCCCCCCCCCCCCCCCC(=O)NC(CO)C(O)/C=C/CCCCCCCCCCCCCCC. The van der Waals surface area contributed by atoms with Crippen molar-refractivity contribution in [1.82, 2.24) is 5.32 Å². The van der Waals surface area contributed by atoms with Crippen LogP contribution in [0.2, 0.25) is 0 Å². The Kier molecular flexibility index (Phi) is 54.3.